The molecule has 20 heavy (non-hydrogen) atoms. The summed E-state index contributed by atoms with van der Waals surface area (Å²) in [5.74, 6) is 0. The molecule has 1 aliphatic heterocycles. The predicted octanol–water partition coefficient (Wildman–Crippen LogP) is 2.38. The Kier molecular flexibility index (Phi) is 4.80. The van der Waals surface area contributed by atoms with Gasteiger partial charge in [0.2, 0.25) is 0 Å². The fourth-order valence-electron chi connectivity index (χ4n) is 1.96. The van der Waals surface area contributed by atoms with Crippen LogP contribution in [0.15, 0.2) is 20.1 Å². The molecule has 0 bridgehead atoms. The van der Waals surface area contributed by atoms with Gasteiger partial charge in [-0.15, -0.1) is 11.3 Å². The maximum Gasteiger partial charge on any atom is 0.401 e. The average Bonchev–Trinajstić information content (AvgIpc) is 2.74. The molecule has 2 rings (SSSR count). The average molecular weight is 393 g/mol. The molecule has 0 radical (unpaired) electrons. The molecule has 114 valence electrons. The number of hydrogen-bond acceptors (Lipinski definition) is 4. The Morgan fingerprint density at radius 3 is 2.30 bits per heavy atom. The van der Waals surface area contributed by atoms with Crippen LogP contribution >= 0.6 is 27.3 Å². The van der Waals surface area contributed by atoms with Crippen molar-refractivity contribution in [2.45, 2.75) is 10.4 Å². The first-order valence-corrected chi connectivity index (χ1v) is 8.84. The van der Waals surface area contributed by atoms with Gasteiger partial charge < -0.3 is 0 Å². The van der Waals surface area contributed by atoms with Crippen molar-refractivity contribution in [3.05, 3.63) is 15.9 Å². The fraction of sp³-hybridized carbons (Fsp3) is 0.600. The second kappa shape index (κ2) is 5.91. The third-order valence-corrected chi connectivity index (χ3v) is 7.44. The van der Waals surface area contributed by atoms with Crippen LogP contribution in [0.25, 0.3) is 0 Å². The molecular formula is C10H12BrF3N2O2S2. The molecule has 4 nitrogen and oxygen atoms in total. The summed E-state index contributed by atoms with van der Waals surface area (Å²) in [4.78, 5) is 1.22. The van der Waals surface area contributed by atoms with Crippen LogP contribution in [0.1, 0.15) is 0 Å². The van der Waals surface area contributed by atoms with E-state index >= 15 is 0 Å². The summed E-state index contributed by atoms with van der Waals surface area (Å²) in [6, 6.07) is 1.64. The lowest BCUT2D eigenvalue weighted by Crippen LogP contribution is -2.50. The monoisotopic (exact) mass is 392 g/mol. The maximum atomic E-state index is 12.3. The van der Waals surface area contributed by atoms with Crippen molar-refractivity contribution in [2.24, 2.45) is 0 Å². The number of hydrogen-bond donors (Lipinski definition) is 0. The van der Waals surface area contributed by atoms with Gasteiger partial charge >= 0.3 is 6.18 Å². The molecule has 0 aliphatic carbocycles. The number of piperazine rings is 1. The van der Waals surface area contributed by atoms with Gasteiger partial charge in [0.25, 0.3) is 10.0 Å². The van der Waals surface area contributed by atoms with Crippen molar-refractivity contribution >= 4 is 37.3 Å². The Balaban J connectivity index is 2.02. The van der Waals surface area contributed by atoms with Gasteiger partial charge in [0, 0.05) is 30.7 Å². The molecule has 0 amide bonds. The van der Waals surface area contributed by atoms with Crippen LogP contribution in [-0.2, 0) is 10.0 Å². The highest BCUT2D eigenvalue weighted by Gasteiger charge is 2.35. The topological polar surface area (TPSA) is 40.6 Å². The van der Waals surface area contributed by atoms with Crippen molar-refractivity contribution in [1.29, 1.82) is 0 Å². The number of halogens is 4. The van der Waals surface area contributed by atoms with Crippen molar-refractivity contribution in [3.63, 3.8) is 0 Å². The zero-order valence-corrected chi connectivity index (χ0v) is 13.4. The smallest absolute Gasteiger partial charge is 0.292 e. The standard InChI is InChI=1S/C10H12BrF3N2O2S2/c11-8-1-6-19-9(8)20(17,18)16-4-2-15(3-5-16)7-10(12,13)14/h1,6H,2-5,7H2. The molecular weight excluding hydrogens is 381 g/mol. The number of rotatable bonds is 3. The highest BCUT2D eigenvalue weighted by atomic mass is 79.9. The zero-order chi connectivity index (χ0) is 15.0. The minimum atomic E-state index is -4.25. The lowest BCUT2D eigenvalue weighted by atomic mass is 10.3. The number of nitrogens with zero attached hydrogens (tertiary/aromatic N) is 2. The highest BCUT2D eigenvalue weighted by Crippen LogP contribution is 2.30. The van der Waals surface area contributed by atoms with Crippen molar-refractivity contribution < 1.29 is 21.6 Å². The van der Waals surface area contributed by atoms with Gasteiger partial charge in [-0.05, 0) is 27.4 Å². The third kappa shape index (κ3) is 3.73. The molecule has 1 fully saturated rings. The van der Waals surface area contributed by atoms with Crippen molar-refractivity contribution in [2.75, 3.05) is 32.7 Å². The van der Waals surface area contributed by atoms with Crippen LogP contribution in [0.5, 0.6) is 0 Å². The van der Waals surface area contributed by atoms with Crippen LogP contribution in [0, 0.1) is 0 Å². The van der Waals surface area contributed by atoms with E-state index in [1.165, 1.54) is 9.21 Å². The van der Waals surface area contributed by atoms with E-state index in [4.69, 9.17) is 0 Å². The SMILES string of the molecule is O=S(=O)(c1sccc1Br)N1CCN(CC(F)(F)F)CC1. The summed E-state index contributed by atoms with van der Waals surface area (Å²) in [5.41, 5.74) is 0. The predicted molar refractivity (Wildman–Crippen MR) is 73.3 cm³/mol. The number of sulfonamides is 1. The summed E-state index contributed by atoms with van der Waals surface area (Å²) in [6.07, 6.45) is -4.25. The van der Waals surface area contributed by atoms with E-state index in [2.05, 4.69) is 15.9 Å². The molecule has 2 heterocycles. The second-order valence-corrected chi connectivity index (χ2v) is 8.26. The Labute approximate surface area is 127 Å². The van der Waals surface area contributed by atoms with E-state index in [9.17, 15) is 21.6 Å². The Bertz CT molecular complexity index is 565. The fourth-order valence-corrected chi connectivity index (χ4v) is 5.83. The van der Waals surface area contributed by atoms with Gasteiger partial charge in [-0.25, -0.2) is 8.42 Å². The van der Waals surface area contributed by atoms with E-state index in [1.54, 1.807) is 11.4 Å². The van der Waals surface area contributed by atoms with Gasteiger partial charge in [0.05, 0.1) is 6.54 Å². The molecule has 0 unspecified atom stereocenters. The van der Waals surface area contributed by atoms with Crippen LogP contribution in [0.2, 0.25) is 0 Å². The first-order valence-electron chi connectivity index (χ1n) is 5.72. The van der Waals surface area contributed by atoms with E-state index in [-0.39, 0.29) is 30.4 Å². The van der Waals surface area contributed by atoms with E-state index in [1.807, 2.05) is 0 Å². The van der Waals surface area contributed by atoms with Gasteiger partial charge in [0.15, 0.2) is 0 Å². The van der Waals surface area contributed by atoms with Crippen LogP contribution in [0.3, 0.4) is 0 Å². The van der Waals surface area contributed by atoms with Gasteiger partial charge in [-0.2, -0.15) is 17.5 Å². The Morgan fingerprint density at radius 1 is 1.25 bits per heavy atom. The summed E-state index contributed by atoms with van der Waals surface area (Å²) in [7, 11) is -3.62. The lowest BCUT2D eigenvalue weighted by molar-refractivity contribution is -0.148. The first kappa shape index (κ1) is 16.2. The van der Waals surface area contributed by atoms with Gasteiger partial charge in [-0.1, -0.05) is 0 Å². The summed E-state index contributed by atoms with van der Waals surface area (Å²) in [6.45, 7) is -0.682. The number of thiophene rings is 1. The Hall–Kier alpha value is -0.160. The van der Waals surface area contributed by atoms with Gasteiger partial charge in [0.1, 0.15) is 4.21 Å². The molecule has 1 aromatic heterocycles. The lowest BCUT2D eigenvalue weighted by Gasteiger charge is -2.33. The minimum Gasteiger partial charge on any atom is -0.292 e. The number of alkyl halides is 3. The summed E-state index contributed by atoms with van der Waals surface area (Å²) in [5, 5.41) is 1.65. The maximum absolute atomic E-state index is 12.3. The molecule has 1 aliphatic rings. The largest absolute Gasteiger partial charge is 0.401 e. The zero-order valence-electron chi connectivity index (χ0n) is 10.2. The highest BCUT2D eigenvalue weighted by molar-refractivity contribution is 9.10. The molecule has 1 saturated heterocycles. The molecule has 1 aromatic rings. The van der Waals surface area contributed by atoms with E-state index in [0.717, 1.165) is 11.3 Å². The molecule has 0 saturated carbocycles. The van der Waals surface area contributed by atoms with E-state index < -0.39 is 22.7 Å². The van der Waals surface area contributed by atoms with Crippen LogP contribution in [-0.4, -0.2) is 56.5 Å². The Morgan fingerprint density at radius 2 is 1.85 bits per heavy atom. The molecule has 0 aromatic carbocycles. The van der Waals surface area contributed by atoms with Gasteiger partial charge in [-0.3, -0.25) is 4.90 Å². The van der Waals surface area contributed by atoms with Crippen LogP contribution < -0.4 is 0 Å². The first-order chi connectivity index (χ1) is 9.20. The minimum absolute atomic E-state index is 0.0722. The quantitative estimate of drug-likeness (QED) is 0.792. The summed E-state index contributed by atoms with van der Waals surface area (Å²) >= 11 is 4.26. The van der Waals surface area contributed by atoms with Crippen molar-refractivity contribution in [1.82, 2.24) is 9.21 Å². The molecule has 0 spiro atoms. The van der Waals surface area contributed by atoms with E-state index in [0.29, 0.717) is 4.47 Å². The van der Waals surface area contributed by atoms with Crippen LogP contribution in [0.4, 0.5) is 13.2 Å². The second-order valence-electron chi connectivity index (χ2n) is 4.35. The van der Waals surface area contributed by atoms with Crippen molar-refractivity contribution in [3.8, 4) is 0 Å². The molecule has 10 heteroatoms. The molecule has 0 N–H and O–H groups in total. The molecule has 0 atom stereocenters. The summed E-state index contributed by atoms with van der Waals surface area (Å²) < 4.78 is 63.4. The third-order valence-electron chi connectivity index (χ3n) is 2.89. The normalized spacial score (nSPS) is 19.4.